The Hall–Kier alpha value is -3.50. The molecule has 180 valence electrons. The third kappa shape index (κ3) is 4.12. The van der Waals surface area contributed by atoms with E-state index in [0.717, 1.165) is 32.8 Å². The Bertz CT molecular complexity index is 1330. The van der Waals surface area contributed by atoms with Gasteiger partial charge in [0, 0.05) is 46.6 Å². The van der Waals surface area contributed by atoms with Crippen molar-refractivity contribution in [2.24, 2.45) is 0 Å². The van der Waals surface area contributed by atoms with E-state index in [1.807, 2.05) is 42.5 Å². The van der Waals surface area contributed by atoms with Crippen LogP contribution in [0.5, 0.6) is 11.6 Å². The van der Waals surface area contributed by atoms with E-state index in [0.29, 0.717) is 43.6 Å². The number of nitrogens with one attached hydrogen (secondary N) is 2. The van der Waals surface area contributed by atoms with Gasteiger partial charge in [-0.25, -0.2) is 9.78 Å². The van der Waals surface area contributed by atoms with Crippen molar-refractivity contribution in [1.82, 2.24) is 10.3 Å². The highest BCUT2D eigenvalue weighted by molar-refractivity contribution is 8.00. The second kappa shape index (κ2) is 8.94. The molecule has 2 amide bonds. The molecule has 2 aromatic carbocycles. The van der Waals surface area contributed by atoms with Gasteiger partial charge in [-0.15, -0.1) is 11.8 Å². The number of thioether (sulfide) groups is 1. The van der Waals surface area contributed by atoms with Gasteiger partial charge < -0.3 is 24.8 Å². The molecule has 2 atom stereocenters. The Kier molecular flexibility index (Phi) is 5.62. The molecule has 9 nitrogen and oxygen atoms in total. The van der Waals surface area contributed by atoms with Crippen molar-refractivity contribution < 1.29 is 23.8 Å². The van der Waals surface area contributed by atoms with Crippen molar-refractivity contribution in [3.05, 3.63) is 48.0 Å². The number of cyclic esters (lactones) is 1. The standard InChI is InChI=1S/C25H24N4O5S/c1-32-22-7-3-14-2-5-19-23(24(14)28-22)15(12-33-19)9-26-10-17-11-29(25(31)34-17)16-4-6-20-18(8-16)27-21(30)13-35-20/h2-8,15,17,26H,9-13H2,1H3,(H,27,30)/t15-,17-/m1/s1. The van der Waals surface area contributed by atoms with Crippen molar-refractivity contribution in [3.8, 4) is 11.6 Å². The highest BCUT2D eigenvalue weighted by atomic mass is 32.2. The summed E-state index contributed by atoms with van der Waals surface area (Å²) in [6, 6.07) is 13.5. The molecule has 10 heteroatoms. The van der Waals surface area contributed by atoms with Gasteiger partial charge in [0.15, 0.2) is 0 Å². The van der Waals surface area contributed by atoms with Gasteiger partial charge in [0.25, 0.3) is 0 Å². The molecule has 0 spiro atoms. The Labute approximate surface area is 206 Å². The summed E-state index contributed by atoms with van der Waals surface area (Å²) in [5.74, 6) is 1.92. The maximum atomic E-state index is 12.6. The van der Waals surface area contributed by atoms with E-state index in [1.165, 1.54) is 11.8 Å². The van der Waals surface area contributed by atoms with Gasteiger partial charge in [-0.2, -0.15) is 0 Å². The van der Waals surface area contributed by atoms with Crippen LogP contribution >= 0.6 is 11.8 Å². The zero-order valence-electron chi connectivity index (χ0n) is 19.1. The molecule has 0 aliphatic carbocycles. The van der Waals surface area contributed by atoms with Crippen LogP contribution in [0.15, 0.2) is 47.4 Å². The molecule has 1 saturated heterocycles. The maximum Gasteiger partial charge on any atom is 0.414 e. The minimum atomic E-state index is -0.386. The van der Waals surface area contributed by atoms with Gasteiger partial charge in [0.2, 0.25) is 11.8 Å². The van der Waals surface area contributed by atoms with E-state index in [4.69, 9.17) is 14.2 Å². The Morgan fingerprint density at radius 1 is 1.20 bits per heavy atom. The van der Waals surface area contributed by atoms with E-state index in [2.05, 4.69) is 15.6 Å². The number of carbonyl (C=O) groups excluding carboxylic acids is 2. The molecular weight excluding hydrogens is 468 g/mol. The van der Waals surface area contributed by atoms with Crippen molar-refractivity contribution in [2.45, 2.75) is 16.9 Å². The van der Waals surface area contributed by atoms with Gasteiger partial charge in [-0.3, -0.25) is 9.69 Å². The number of aromatic nitrogens is 1. The number of fused-ring (bicyclic) bond motifs is 4. The lowest BCUT2D eigenvalue weighted by Crippen LogP contribution is -2.33. The van der Waals surface area contributed by atoms with E-state index in [-0.39, 0.29) is 24.0 Å². The first-order chi connectivity index (χ1) is 17.1. The quantitative estimate of drug-likeness (QED) is 0.540. The minimum Gasteiger partial charge on any atom is -0.493 e. The highest BCUT2D eigenvalue weighted by Crippen LogP contribution is 2.39. The van der Waals surface area contributed by atoms with Crippen LogP contribution in [0.4, 0.5) is 16.2 Å². The molecule has 1 fully saturated rings. The third-order valence-electron chi connectivity index (χ3n) is 6.44. The monoisotopic (exact) mass is 492 g/mol. The molecule has 3 aliphatic rings. The largest absolute Gasteiger partial charge is 0.493 e. The van der Waals surface area contributed by atoms with E-state index < -0.39 is 0 Å². The number of benzene rings is 2. The molecule has 0 saturated carbocycles. The van der Waals surface area contributed by atoms with E-state index in [9.17, 15) is 9.59 Å². The summed E-state index contributed by atoms with van der Waals surface area (Å²) in [6.45, 7) is 2.19. The molecule has 3 aliphatic heterocycles. The van der Waals surface area contributed by atoms with Crippen molar-refractivity contribution in [1.29, 1.82) is 0 Å². The first-order valence-electron chi connectivity index (χ1n) is 11.4. The van der Waals surface area contributed by atoms with Crippen molar-refractivity contribution in [3.63, 3.8) is 0 Å². The fourth-order valence-corrected chi connectivity index (χ4v) is 5.53. The summed E-state index contributed by atoms with van der Waals surface area (Å²) >= 11 is 1.49. The molecule has 35 heavy (non-hydrogen) atoms. The summed E-state index contributed by atoms with van der Waals surface area (Å²) in [7, 11) is 1.61. The number of hydrogen-bond donors (Lipinski definition) is 2. The molecule has 3 aromatic rings. The van der Waals surface area contributed by atoms with E-state index >= 15 is 0 Å². The zero-order valence-corrected chi connectivity index (χ0v) is 19.9. The molecular formula is C25H24N4O5S. The van der Waals surface area contributed by atoms with E-state index in [1.54, 1.807) is 12.0 Å². The predicted octanol–water partition coefficient (Wildman–Crippen LogP) is 3.38. The summed E-state index contributed by atoms with van der Waals surface area (Å²) in [6.07, 6.45) is -0.668. The molecule has 2 N–H and O–H groups in total. The smallest absolute Gasteiger partial charge is 0.414 e. The van der Waals surface area contributed by atoms with Gasteiger partial charge in [-0.05, 0) is 36.4 Å². The van der Waals surface area contributed by atoms with Gasteiger partial charge in [-0.1, -0.05) is 0 Å². The lowest BCUT2D eigenvalue weighted by molar-refractivity contribution is -0.113. The van der Waals surface area contributed by atoms with Crippen molar-refractivity contribution >= 4 is 46.0 Å². The van der Waals surface area contributed by atoms with Crippen LogP contribution in [0.1, 0.15) is 11.5 Å². The molecule has 0 radical (unpaired) electrons. The zero-order chi connectivity index (χ0) is 23.9. The highest BCUT2D eigenvalue weighted by Gasteiger charge is 2.34. The number of rotatable bonds is 6. The summed E-state index contributed by atoms with van der Waals surface area (Å²) in [4.78, 5) is 31.5. The van der Waals surface area contributed by atoms with Crippen LogP contribution in [0, 0.1) is 0 Å². The average molecular weight is 493 g/mol. The number of carbonyl (C=O) groups is 2. The van der Waals surface area contributed by atoms with Crippen LogP contribution in [-0.2, 0) is 9.53 Å². The SMILES string of the molecule is COc1ccc2ccc3c(c2n1)[C@H](CNC[C@@H]1CN(c2ccc4c(c2)NC(=O)CS4)C(=O)O1)CO3. The Balaban J connectivity index is 1.11. The molecule has 4 heterocycles. The Morgan fingerprint density at radius 2 is 2.09 bits per heavy atom. The third-order valence-corrected chi connectivity index (χ3v) is 7.51. The van der Waals surface area contributed by atoms with Crippen LogP contribution in [0.3, 0.4) is 0 Å². The topological polar surface area (TPSA) is 102 Å². The fourth-order valence-electron chi connectivity index (χ4n) is 4.74. The number of pyridine rings is 1. The lowest BCUT2D eigenvalue weighted by atomic mass is 9.98. The molecule has 0 bridgehead atoms. The second-order valence-corrected chi connectivity index (χ2v) is 9.72. The number of nitrogens with zero attached hydrogens (tertiary/aromatic N) is 2. The molecule has 0 unspecified atom stereocenters. The van der Waals surface area contributed by atoms with Gasteiger partial charge in [0.1, 0.15) is 11.9 Å². The van der Waals surface area contributed by atoms with Gasteiger partial charge in [0.05, 0.1) is 37.2 Å². The number of hydrogen-bond acceptors (Lipinski definition) is 8. The number of amides is 2. The second-order valence-electron chi connectivity index (χ2n) is 8.70. The minimum absolute atomic E-state index is 0.0374. The van der Waals surface area contributed by atoms with Crippen LogP contribution in [-0.4, -0.2) is 62.2 Å². The normalized spacial score (nSPS) is 20.8. The summed E-state index contributed by atoms with van der Waals surface area (Å²) < 4.78 is 16.8. The molecule has 6 rings (SSSR count). The number of anilines is 2. The summed E-state index contributed by atoms with van der Waals surface area (Å²) in [5.41, 5.74) is 3.41. The van der Waals surface area contributed by atoms with Crippen LogP contribution in [0.2, 0.25) is 0 Å². The Morgan fingerprint density at radius 3 is 2.97 bits per heavy atom. The molecule has 1 aromatic heterocycles. The number of methoxy groups -OCH3 is 1. The maximum absolute atomic E-state index is 12.6. The summed E-state index contributed by atoms with van der Waals surface area (Å²) in [5, 5.41) is 7.36. The van der Waals surface area contributed by atoms with Crippen molar-refractivity contribution in [2.75, 3.05) is 49.3 Å². The number of ether oxygens (including phenoxy) is 3. The average Bonchev–Trinajstić information content (AvgIpc) is 3.46. The fraction of sp³-hybridized carbons (Fsp3) is 0.320. The van der Waals surface area contributed by atoms with Crippen LogP contribution < -0.4 is 25.0 Å². The van der Waals surface area contributed by atoms with Crippen LogP contribution in [0.25, 0.3) is 10.9 Å². The predicted molar refractivity (Wildman–Crippen MR) is 133 cm³/mol. The lowest BCUT2D eigenvalue weighted by Gasteiger charge is -2.20. The van der Waals surface area contributed by atoms with Gasteiger partial charge >= 0.3 is 6.09 Å². The first-order valence-corrected chi connectivity index (χ1v) is 12.4. The first kappa shape index (κ1) is 22.0.